The molecule has 1 unspecified atom stereocenters. The van der Waals surface area contributed by atoms with Crippen molar-refractivity contribution in [1.29, 1.82) is 0 Å². The summed E-state index contributed by atoms with van der Waals surface area (Å²) in [4.78, 5) is 12.3. The molecule has 110 valence electrons. The van der Waals surface area contributed by atoms with Crippen molar-refractivity contribution in [3.63, 3.8) is 0 Å². The molecular weight excluding hydrogens is 271 g/mol. The van der Waals surface area contributed by atoms with E-state index in [9.17, 15) is 18.0 Å². The highest BCUT2D eigenvalue weighted by molar-refractivity contribution is 5.77. The van der Waals surface area contributed by atoms with E-state index in [1.54, 1.807) is 4.90 Å². The minimum absolute atomic E-state index is 0.0205. The van der Waals surface area contributed by atoms with Crippen LogP contribution in [-0.2, 0) is 6.18 Å². The standard InChI is InChI=1S/C14H16F3NO2/c15-14(16,17)12-7-11(9-20)1-2-13(12)18-5-3-10(8-18)4-6-19/h1-2,7,9-10,19H,3-6,8H2. The number of aliphatic hydroxyl groups is 1. The number of aldehydes is 1. The molecule has 2 rings (SSSR count). The Balaban J connectivity index is 2.30. The minimum Gasteiger partial charge on any atom is -0.396 e. The average molecular weight is 287 g/mol. The summed E-state index contributed by atoms with van der Waals surface area (Å²) in [6.07, 6.45) is -2.70. The molecule has 1 aromatic rings. The summed E-state index contributed by atoms with van der Waals surface area (Å²) in [5.41, 5.74) is -0.637. The predicted octanol–water partition coefficient (Wildman–Crippen LogP) is 2.73. The Morgan fingerprint density at radius 3 is 2.75 bits per heavy atom. The molecule has 1 atom stereocenters. The topological polar surface area (TPSA) is 40.5 Å². The summed E-state index contributed by atoms with van der Waals surface area (Å²) in [6.45, 7) is 1.09. The molecule has 1 aliphatic heterocycles. The fraction of sp³-hybridized carbons (Fsp3) is 0.500. The molecule has 0 amide bonds. The molecule has 6 heteroatoms. The van der Waals surface area contributed by atoms with E-state index in [-0.39, 0.29) is 23.8 Å². The van der Waals surface area contributed by atoms with E-state index in [0.717, 1.165) is 12.5 Å². The number of aliphatic hydroxyl groups excluding tert-OH is 1. The van der Waals surface area contributed by atoms with E-state index in [4.69, 9.17) is 5.11 Å². The summed E-state index contributed by atoms with van der Waals surface area (Å²) in [6, 6.07) is 3.65. The summed E-state index contributed by atoms with van der Waals surface area (Å²) >= 11 is 0. The van der Waals surface area contributed by atoms with Crippen LogP contribution in [0.3, 0.4) is 0 Å². The summed E-state index contributed by atoms with van der Waals surface area (Å²) in [5.74, 6) is 0.215. The van der Waals surface area contributed by atoms with Gasteiger partial charge in [-0.2, -0.15) is 13.2 Å². The molecule has 1 aliphatic rings. The maximum absolute atomic E-state index is 13.1. The number of rotatable bonds is 4. The van der Waals surface area contributed by atoms with Crippen molar-refractivity contribution in [1.82, 2.24) is 0 Å². The maximum atomic E-state index is 13.1. The van der Waals surface area contributed by atoms with Gasteiger partial charge >= 0.3 is 6.18 Å². The molecule has 0 bridgehead atoms. The fourth-order valence-electron chi connectivity index (χ4n) is 2.60. The third-order valence-electron chi connectivity index (χ3n) is 3.63. The number of hydrogen-bond donors (Lipinski definition) is 1. The number of halogens is 3. The number of hydrogen-bond acceptors (Lipinski definition) is 3. The summed E-state index contributed by atoms with van der Waals surface area (Å²) < 4.78 is 39.2. The van der Waals surface area contributed by atoms with Crippen LogP contribution in [0.15, 0.2) is 18.2 Å². The molecule has 20 heavy (non-hydrogen) atoms. The van der Waals surface area contributed by atoms with E-state index in [1.165, 1.54) is 12.1 Å². The predicted molar refractivity (Wildman–Crippen MR) is 68.9 cm³/mol. The Hall–Kier alpha value is -1.56. The molecule has 1 fully saturated rings. The molecule has 1 aromatic carbocycles. The third-order valence-corrected chi connectivity index (χ3v) is 3.63. The van der Waals surface area contributed by atoms with Gasteiger partial charge in [-0.05, 0) is 37.0 Å². The van der Waals surface area contributed by atoms with Gasteiger partial charge in [0.25, 0.3) is 0 Å². The fourth-order valence-corrected chi connectivity index (χ4v) is 2.60. The number of alkyl halides is 3. The van der Waals surface area contributed by atoms with Gasteiger partial charge in [0.1, 0.15) is 6.29 Å². The van der Waals surface area contributed by atoms with Crippen LogP contribution < -0.4 is 4.90 Å². The van der Waals surface area contributed by atoms with Gasteiger partial charge in [0.15, 0.2) is 0 Å². The normalized spacial score (nSPS) is 19.4. The Kier molecular flexibility index (Phi) is 4.32. The third kappa shape index (κ3) is 3.12. The molecule has 0 aromatic heterocycles. The molecule has 3 nitrogen and oxygen atoms in total. The molecule has 0 radical (unpaired) electrons. The van der Waals surface area contributed by atoms with Gasteiger partial charge in [-0.15, -0.1) is 0 Å². The number of carbonyl (C=O) groups is 1. The number of benzene rings is 1. The first kappa shape index (κ1) is 14.8. The van der Waals surface area contributed by atoms with Gasteiger partial charge in [-0.1, -0.05) is 0 Å². The molecule has 1 N–H and O–H groups in total. The van der Waals surface area contributed by atoms with E-state index < -0.39 is 11.7 Å². The summed E-state index contributed by atoms with van der Waals surface area (Å²) in [5, 5.41) is 8.90. The molecule has 0 spiro atoms. The van der Waals surface area contributed by atoms with Crippen LogP contribution in [0.4, 0.5) is 18.9 Å². The van der Waals surface area contributed by atoms with Gasteiger partial charge in [0.2, 0.25) is 0 Å². The number of nitrogens with zero attached hydrogens (tertiary/aromatic N) is 1. The lowest BCUT2D eigenvalue weighted by Gasteiger charge is -2.23. The zero-order valence-electron chi connectivity index (χ0n) is 10.9. The monoisotopic (exact) mass is 287 g/mol. The minimum atomic E-state index is -4.48. The second-order valence-corrected chi connectivity index (χ2v) is 5.01. The quantitative estimate of drug-likeness (QED) is 0.866. The van der Waals surface area contributed by atoms with E-state index in [2.05, 4.69) is 0 Å². The Labute approximate surface area is 115 Å². The Bertz CT molecular complexity index is 488. The lowest BCUT2D eigenvalue weighted by molar-refractivity contribution is -0.137. The van der Waals surface area contributed by atoms with Gasteiger partial charge in [0, 0.05) is 30.9 Å². The van der Waals surface area contributed by atoms with Crippen molar-refractivity contribution in [2.75, 3.05) is 24.6 Å². The molecular formula is C14H16F3NO2. The van der Waals surface area contributed by atoms with Crippen molar-refractivity contribution in [2.24, 2.45) is 5.92 Å². The van der Waals surface area contributed by atoms with E-state index >= 15 is 0 Å². The zero-order valence-corrected chi connectivity index (χ0v) is 10.9. The van der Waals surface area contributed by atoms with Crippen LogP contribution in [-0.4, -0.2) is 31.1 Å². The number of carbonyl (C=O) groups excluding carboxylic acids is 1. The van der Waals surface area contributed by atoms with Gasteiger partial charge in [-0.25, -0.2) is 0 Å². The maximum Gasteiger partial charge on any atom is 0.418 e. The second kappa shape index (κ2) is 5.83. The van der Waals surface area contributed by atoms with Crippen molar-refractivity contribution in [3.8, 4) is 0 Å². The van der Waals surface area contributed by atoms with Crippen LogP contribution in [0, 0.1) is 5.92 Å². The Morgan fingerprint density at radius 1 is 1.40 bits per heavy atom. The first-order valence-electron chi connectivity index (χ1n) is 6.48. The van der Waals surface area contributed by atoms with Crippen molar-refractivity contribution in [2.45, 2.75) is 19.0 Å². The van der Waals surface area contributed by atoms with Crippen molar-refractivity contribution >= 4 is 12.0 Å². The van der Waals surface area contributed by atoms with Crippen LogP contribution in [0.2, 0.25) is 0 Å². The number of anilines is 1. The average Bonchev–Trinajstić information content (AvgIpc) is 2.86. The van der Waals surface area contributed by atoms with E-state index in [0.29, 0.717) is 25.8 Å². The van der Waals surface area contributed by atoms with E-state index in [1.807, 2.05) is 0 Å². The molecule has 1 saturated heterocycles. The first-order valence-corrected chi connectivity index (χ1v) is 6.48. The van der Waals surface area contributed by atoms with Crippen LogP contribution in [0.5, 0.6) is 0 Å². The highest BCUT2D eigenvalue weighted by Gasteiger charge is 2.36. The lowest BCUT2D eigenvalue weighted by atomic mass is 10.1. The SMILES string of the molecule is O=Cc1ccc(N2CCC(CCO)C2)c(C(F)(F)F)c1. The van der Waals surface area contributed by atoms with Crippen molar-refractivity contribution < 1.29 is 23.1 Å². The van der Waals surface area contributed by atoms with Crippen LogP contribution >= 0.6 is 0 Å². The smallest absolute Gasteiger partial charge is 0.396 e. The zero-order chi connectivity index (χ0) is 14.8. The molecule has 0 saturated carbocycles. The van der Waals surface area contributed by atoms with Crippen LogP contribution in [0.25, 0.3) is 0 Å². The first-order chi connectivity index (χ1) is 9.45. The molecule has 0 aliphatic carbocycles. The lowest BCUT2D eigenvalue weighted by Crippen LogP contribution is -2.23. The van der Waals surface area contributed by atoms with Crippen molar-refractivity contribution in [3.05, 3.63) is 29.3 Å². The largest absolute Gasteiger partial charge is 0.418 e. The highest BCUT2D eigenvalue weighted by atomic mass is 19.4. The second-order valence-electron chi connectivity index (χ2n) is 5.01. The molecule has 1 heterocycles. The Morgan fingerprint density at radius 2 is 2.15 bits per heavy atom. The van der Waals surface area contributed by atoms with Crippen LogP contribution in [0.1, 0.15) is 28.8 Å². The summed E-state index contributed by atoms with van der Waals surface area (Å²) in [7, 11) is 0. The highest BCUT2D eigenvalue weighted by Crippen LogP contribution is 2.39. The van der Waals surface area contributed by atoms with Gasteiger partial charge < -0.3 is 10.0 Å². The van der Waals surface area contributed by atoms with Gasteiger partial charge in [0.05, 0.1) is 5.56 Å². The van der Waals surface area contributed by atoms with Gasteiger partial charge in [-0.3, -0.25) is 4.79 Å².